The summed E-state index contributed by atoms with van der Waals surface area (Å²) < 4.78 is 0. The van der Waals surface area contributed by atoms with Crippen LogP contribution in [0, 0.1) is 0 Å². The van der Waals surface area contributed by atoms with Gasteiger partial charge in [-0.05, 0) is 29.0 Å². The number of aromatic carboxylic acids is 1. The molecule has 3 aromatic rings. The summed E-state index contributed by atoms with van der Waals surface area (Å²) in [7, 11) is 0. The molecule has 0 saturated heterocycles. The van der Waals surface area contributed by atoms with Gasteiger partial charge in [0, 0.05) is 5.69 Å². The second-order valence-corrected chi connectivity index (χ2v) is 5.06. The molecule has 0 fully saturated rings. The van der Waals surface area contributed by atoms with E-state index in [0.29, 0.717) is 16.6 Å². The van der Waals surface area contributed by atoms with Gasteiger partial charge in [-0.2, -0.15) is 0 Å². The Labute approximate surface area is 132 Å². The zero-order valence-electron chi connectivity index (χ0n) is 12.1. The summed E-state index contributed by atoms with van der Waals surface area (Å²) in [6.45, 7) is 0. The van der Waals surface area contributed by atoms with E-state index in [2.05, 4.69) is 5.32 Å². The molecule has 0 bridgehead atoms. The molecular weight excluding hydrogens is 292 g/mol. The van der Waals surface area contributed by atoms with E-state index in [4.69, 9.17) is 5.73 Å². The monoisotopic (exact) mass is 306 g/mol. The maximum Gasteiger partial charge on any atom is 0.338 e. The molecule has 0 aliphatic carbocycles. The minimum atomic E-state index is -1.10. The van der Waals surface area contributed by atoms with Crippen LogP contribution in [0.1, 0.15) is 20.7 Å². The number of nitrogen functional groups attached to an aromatic ring is 1. The molecule has 5 nitrogen and oxygen atoms in total. The number of carbonyl (C=O) groups is 2. The fourth-order valence-electron chi connectivity index (χ4n) is 2.50. The van der Waals surface area contributed by atoms with Crippen molar-refractivity contribution in [3.05, 3.63) is 71.8 Å². The van der Waals surface area contributed by atoms with Crippen LogP contribution >= 0.6 is 0 Å². The third-order valence-electron chi connectivity index (χ3n) is 3.60. The highest BCUT2D eigenvalue weighted by Gasteiger charge is 2.17. The van der Waals surface area contributed by atoms with Gasteiger partial charge >= 0.3 is 5.97 Å². The van der Waals surface area contributed by atoms with Crippen molar-refractivity contribution in [1.82, 2.24) is 0 Å². The van der Waals surface area contributed by atoms with E-state index in [9.17, 15) is 14.7 Å². The Kier molecular flexibility index (Phi) is 3.68. The quantitative estimate of drug-likeness (QED) is 0.647. The number of nitrogens with two attached hydrogens (primary N) is 1. The van der Waals surface area contributed by atoms with Crippen molar-refractivity contribution in [3.8, 4) is 0 Å². The Morgan fingerprint density at radius 1 is 0.913 bits per heavy atom. The number of carboxylic acid groups (broad SMARTS) is 1. The van der Waals surface area contributed by atoms with Crippen LogP contribution in [-0.4, -0.2) is 17.0 Å². The van der Waals surface area contributed by atoms with Crippen molar-refractivity contribution < 1.29 is 14.7 Å². The lowest BCUT2D eigenvalue weighted by Gasteiger charge is -2.12. The van der Waals surface area contributed by atoms with Crippen LogP contribution < -0.4 is 11.1 Å². The van der Waals surface area contributed by atoms with Gasteiger partial charge in [0.25, 0.3) is 5.91 Å². The van der Waals surface area contributed by atoms with Crippen molar-refractivity contribution in [2.45, 2.75) is 0 Å². The van der Waals surface area contributed by atoms with E-state index >= 15 is 0 Å². The molecule has 0 saturated carbocycles. The third kappa shape index (κ3) is 2.72. The largest absolute Gasteiger partial charge is 0.478 e. The number of amides is 1. The van der Waals surface area contributed by atoms with Crippen molar-refractivity contribution in [1.29, 1.82) is 0 Å². The molecule has 0 aromatic heterocycles. The minimum absolute atomic E-state index is 0.0611. The average Bonchev–Trinajstić information content (AvgIpc) is 2.54. The maximum atomic E-state index is 12.4. The van der Waals surface area contributed by atoms with Crippen LogP contribution in [0.15, 0.2) is 60.7 Å². The van der Waals surface area contributed by atoms with Crippen molar-refractivity contribution >= 4 is 34.0 Å². The van der Waals surface area contributed by atoms with Crippen LogP contribution in [0.4, 0.5) is 11.4 Å². The number of carbonyl (C=O) groups excluding carboxylic acids is 1. The topological polar surface area (TPSA) is 92.4 Å². The van der Waals surface area contributed by atoms with Crippen LogP contribution in [0.2, 0.25) is 0 Å². The molecule has 0 aliphatic heterocycles. The molecule has 5 heteroatoms. The number of nitrogens with one attached hydrogen (secondary N) is 1. The number of carboxylic acids is 1. The number of para-hydroxylation sites is 1. The molecule has 0 aliphatic rings. The molecule has 0 unspecified atom stereocenters. The summed E-state index contributed by atoms with van der Waals surface area (Å²) >= 11 is 0. The fourth-order valence-corrected chi connectivity index (χ4v) is 2.50. The van der Waals surface area contributed by atoms with Crippen LogP contribution in [0.5, 0.6) is 0 Å². The summed E-state index contributed by atoms with van der Waals surface area (Å²) in [4.78, 5) is 24.0. The van der Waals surface area contributed by atoms with E-state index in [1.807, 2.05) is 12.1 Å². The molecule has 4 N–H and O–H groups in total. The zero-order valence-corrected chi connectivity index (χ0v) is 12.1. The number of hydrogen-bond donors (Lipinski definition) is 3. The van der Waals surface area contributed by atoms with Crippen molar-refractivity contribution in [2.24, 2.45) is 0 Å². The SMILES string of the molecule is Nc1ccccc1C(=O)Nc1ccc2ccccc2c1C(=O)O. The molecule has 3 aromatic carbocycles. The van der Waals surface area contributed by atoms with E-state index in [-0.39, 0.29) is 11.3 Å². The first kappa shape index (κ1) is 14.6. The second-order valence-electron chi connectivity index (χ2n) is 5.06. The van der Waals surface area contributed by atoms with Gasteiger partial charge in [-0.15, -0.1) is 0 Å². The highest BCUT2D eigenvalue weighted by atomic mass is 16.4. The Bertz CT molecular complexity index is 919. The summed E-state index contributed by atoms with van der Waals surface area (Å²) in [5.41, 5.74) is 6.73. The molecule has 23 heavy (non-hydrogen) atoms. The highest BCUT2D eigenvalue weighted by molar-refractivity contribution is 6.14. The maximum absolute atomic E-state index is 12.4. The zero-order chi connectivity index (χ0) is 16.4. The van der Waals surface area contributed by atoms with Crippen molar-refractivity contribution in [3.63, 3.8) is 0 Å². The Hall–Kier alpha value is -3.34. The smallest absolute Gasteiger partial charge is 0.338 e. The molecule has 0 spiro atoms. The normalized spacial score (nSPS) is 10.4. The number of benzene rings is 3. The minimum Gasteiger partial charge on any atom is -0.478 e. The van der Waals surface area contributed by atoms with Crippen LogP contribution in [0.25, 0.3) is 10.8 Å². The van der Waals surface area contributed by atoms with Gasteiger partial charge in [-0.1, -0.05) is 42.5 Å². The average molecular weight is 306 g/mol. The Balaban J connectivity index is 2.07. The fraction of sp³-hybridized carbons (Fsp3) is 0. The van der Waals surface area contributed by atoms with E-state index < -0.39 is 11.9 Å². The standard InChI is InChI=1S/C18H14N2O3/c19-14-8-4-3-7-13(14)17(21)20-15-10-9-11-5-1-2-6-12(11)16(15)18(22)23/h1-10H,19H2,(H,20,21)(H,22,23). The second kappa shape index (κ2) is 5.81. The first-order valence-electron chi connectivity index (χ1n) is 6.99. The number of rotatable bonds is 3. The van der Waals surface area contributed by atoms with Gasteiger partial charge in [-0.25, -0.2) is 4.79 Å². The third-order valence-corrected chi connectivity index (χ3v) is 3.60. The summed E-state index contributed by atoms with van der Waals surface area (Å²) in [5, 5.41) is 13.5. The molecular formula is C18H14N2O3. The molecule has 0 atom stereocenters. The number of anilines is 2. The summed E-state index contributed by atoms with van der Waals surface area (Å²) in [6.07, 6.45) is 0. The predicted octanol–water partition coefficient (Wildman–Crippen LogP) is 3.37. The molecule has 0 radical (unpaired) electrons. The molecule has 1 amide bonds. The first-order valence-corrected chi connectivity index (χ1v) is 6.99. The molecule has 114 valence electrons. The van der Waals surface area contributed by atoms with Crippen LogP contribution in [0.3, 0.4) is 0 Å². The lowest BCUT2D eigenvalue weighted by atomic mass is 10.0. The van der Waals surface area contributed by atoms with Crippen LogP contribution in [-0.2, 0) is 0 Å². The number of fused-ring (bicyclic) bond motifs is 1. The van der Waals surface area contributed by atoms with Crippen molar-refractivity contribution in [2.75, 3.05) is 11.1 Å². The van der Waals surface area contributed by atoms with E-state index in [1.165, 1.54) is 0 Å². The highest BCUT2D eigenvalue weighted by Crippen LogP contribution is 2.27. The summed E-state index contributed by atoms with van der Waals surface area (Å²) in [6, 6.07) is 17.1. The van der Waals surface area contributed by atoms with Gasteiger partial charge in [0.2, 0.25) is 0 Å². The Morgan fingerprint density at radius 2 is 1.61 bits per heavy atom. The molecule has 0 heterocycles. The first-order chi connectivity index (χ1) is 11.1. The Morgan fingerprint density at radius 3 is 2.35 bits per heavy atom. The van der Waals surface area contributed by atoms with Gasteiger partial charge in [-0.3, -0.25) is 4.79 Å². The predicted molar refractivity (Wildman–Crippen MR) is 89.7 cm³/mol. The lowest BCUT2D eigenvalue weighted by Crippen LogP contribution is -2.16. The van der Waals surface area contributed by atoms with Gasteiger partial charge in [0.1, 0.15) is 0 Å². The van der Waals surface area contributed by atoms with E-state index in [0.717, 1.165) is 5.39 Å². The summed E-state index contributed by atoms with van der Waals surface area (Å²) in [5.74, 6) is -1.54. The van der Waals surface area contributed by atoms with Gasteiger partial charge in [0.05, 0.1) is 16.8 Å². The van der Waals surface area contributed by atoms with Gasteiger partial charge < -0.3 is 16.2 Å². The van der Waals surface area contributed by atoms with E-state index in [1.54, 1.807) is 48.5 Å². The lowest BCUT2D eigenvalue weighted by molar-refractivity contribution is 0.0700. The number of hydrogen-bond acceptors (Lipinski definition) is 3. The molecule has 3 rings (SSSR count). The van der Waals surface area contributed by atoms with Gasteiger partial charge in [0.15, 0.2) is 0 Å².